The summed E-state index contributed by atoms with van der Waals surface area (Å²) in [4.78, 5) is 15.2. The first kappa shape index (κ1) is 22.7. The van der Waals surface area contributed by atoms with Crippen LogP contribution in [0.2, 0.25) is 0 Å². The van der Waals surface area contributed by atoms with E-state index in [1.807, 2.05) is 41.1 Å². The molecule has 0 spiro atoms. The minimum Gasteiger partial charge on any atom is -0.497 e. The van der Waals surface area contributed by atoms with Crippen molar-refractivity contribution in [1.29, 1.82) is 0 Å². The number of piperazine rings is 1. The molecule has 0 amide bonds. The number of methoxy groups -OCH3 is 1. The van der Waals surface area contributed by atoms with E-state index in [4.69, 9.17) is 4.74 Å². The van der Waals surface area contributed by atoms with Crippen molar-refractivity contribution >= 4 is 11.4 Å². The predicted octanol–water partition coefficient (Wildman–Crippen LogP) is 3.16. The van der Waals surface area contributed by atoms with E-state index in [0.29, 0.717) is 12.5 Å². The molecule has 0 N–H and O–H groups in total. The first-order valence-electron chi connectivity index (χ1n) is 11.1. The minimum absolute atomic E-state index is 0.0947. The maximum atomic E-state index is 10.9. The van der Waals surface area contributed by atoms with Gasteiger partial charge in [0.05, 0.1) is 24.6 Å². The molecule has 1 saturated heterocycles. The molecule has 0 saturated carbocycles. The number of hydrogen-bond donors (Lipinski definition) is 0. The average molecular weight is 452 g/mol. The van der Waals surface area contributed by atoms with Gasteiger partial charge in [-0.15, -0.1) is 5.10 Å². The Morgan fingerprint density at radius 1 is 1.03 bits per heavy atom. The molecule has 10 heteroatoms. The Balaban J connectivity index is 1.45. The third kappa shape index (κ3) is 5.11. The van der Waals surface area contributed by atoms with Gasteiger partial charge in [0, 0.05) is 44.0 Å². The summed E-state index contributed by atoms with van der Waals surface area (Å²) in [6.45, 7) is 8.37. The van der Waals surface area contributed by atoms with Gasteiger partial charge in [0.1, 0.15) is 5.75 Å². The summed E-state index contributed by atoms with van der Waals surface area (Å²) in [5, 5.41) is 23.6. The molecule has 1 aromatic heterocycles. The summed E-state index contributed by atoms with van der Waals surface area (Å²) in [6.07, 6.45) is 0. The van der Waals surface area contributed by atoms with Gasteiger partial charge in [-0.1, -0.05) is 26.0 Å². The molecule has 0 bridgehead atoms. The SMILES string of the molecule is COc1ccc(Cn2nnnc2[C@@H](C(C)C)N2CCN(c3ccc([N+](=O)[O-])cc3)CC2)cc1. The molecule has 0 aliphatic carbocycles. The number of aromatic nitrogens is 4. The van der Waals surface area contributed by atoms with Gasteiger partial charge in [-0.2, -0.15) is 0 Å². The molecule has 1 aliphatic heterocycles. The lowest BCUT2D eigenvalue weighted by Gasteiger charge is -2.41. The van der Waals surface area contributed by atoms with Gasteiger partial charge in [-0.3, -0.25) is 15.0 Å². The molecule has 0 unspecified atom stereocenters. The van der Waals surface area contributed by atoms with E-state index in [0.717, 1.165) is 49.0 Å². The molecule has 1 atom stereocenters. The number of nitro benzene ring substituents is 1. The van der Waals surface area contributed by atoms with E-state index < -0.39 is 0 Å². The standard InChI is InChI=1S/C23H29N7O3/c1-17(2)22(23-24-25-26-29(23)16-18-4-10-21(33-3)11-5-18)28-14-12-27(13-15-28)19-6-8-20(9-7-19)30(31)32/h4-11,17,22H,12-16H2,1-3H3/t22-/m1/s1. The molecule has 174 valence electrons. The lowest BCUT2D eigenvalue weighted by Crippen LogP contribution is -2.49. The monoisotopic (exact) mass is 451 g/mol. The molecule has 1 fully saturated rings. The van der Waals surface area contributed by atoms with E-state index in [1.54, 1.807) is 19.2 Å². The molecule has 1 aliphatic rings. The van der Waals surface area contributed by atoms with Crippen molar-refractivity contribution in [3.63, 3.8) is 0 Å². The van der Waals surface area contributed by atoms with Crippen molar-refractivity contribution in [3.8, 4) is 5.75 Å². The zero-order valence-electron chi connectivity index (χ0n) is 19.2. The molecule has 33 heavy (non-hydrogen) atoms. The Labute approximate surface area is 192 Å². The van der Waals surface area contributed by atoms with E-state index in [9.17, 15) is 10.1 Å². The Bertz CT molecular complexity index is 1060. The van der Waals surface area contributed by atoms with Crippen molar-refractivity contribution in [2.75, 3.05) is 38.2 Å². The quantitative estimate of drug-likeness (QED) is 0.380. The second kappa shape index (κ2) is 9.95. The summed E-state index contributed by atoms with van der Waals surface area (Å²) in [5.74, 6) is 2.02. The second-order valence-electron chi connectivity index (χ2n) is 8.53. The van der Waals surface area contributed by atoms with Crippen LogP contribution in [0.1, 0.15) is 31.3 Å². The molecule has 2 aromatic carbocycles. The van der Waals surface area contributed by atoms with Crippen molar-refractivity contribution in [2.45, 2.75) is 26.4 Å². The second-order valence-corrected chi connectivity index (χ2v) is 8.53. The number of ether oxygens (including phenoxy) is 1. The van der Waals surface area contributed by atoms with Crippen molar-refractivity contribution in [2.24, 2.45) is 5.92 Å². The highest BCUT2D eigenvalue weighted by Crippen LogP contribution is 2.29. The van der Waals surface area contributed by atoms with Crippen LogP contribution >= 0.6 is 0 Å². The Morgan fingerprint density at radius 2 is 1.70 bits per heavy atom. The van der Waals surface area contributed by atoms with Crippen LogP contribution in [0.15, 0.2) is 48.5 Å². The number of non-ortho nitro benzene ring substituents is 1. The van der Waals surface area contributed by atoms with Crippen LogP contribution in [0, 0.1) is 16.0 Å². The number of nitro groups is 1. The highest BCUT2D eigenvalue weighted by atomic mass is 16.6. The zero-order valence-corrected chi connectivity index (χ0v) is 19.2. The van der Waals surface area contributed by atoms with Gasteiger partial charge in [-0.05, 0) is 46.2 Å². The fourth-order valence-electron chi connectivity index (χ4n) is 4.37. The first-order chi connectivity index (χ1) is 16.0. The Morgan fingerprint density at radius 3 is 2.27 bits per heavy atom. The fraction of sp³-hybridized carbons (Fsp3) is 0.435. The van der Waals surface area contributed by atoms with E-state index >= 15 is 0 Å². The van der Waals surface area contributed by atoms with E-state index in [-0.39, 0.29) is 16.7 Å². The summed E-state index contributed by atoms with van der Waals surface area (Å²) in [5.41, 5.74) is 2.22. The zero-order chi connectivity index (χ0) is 23.4. The first-order valence-corrected chi connectivity index (χ1v) is 11.1. The highest BCUT2D eigenvalue weighted by molar-refractivity contribution is 5.51. The third-order valence-electron chi connectivity index (χ3n) is 6.08. The maximum absolute atomic E-state index is 10.9. The normalized spacial score (nSPS) is 15.6. The van der Waals surface area contributed by atoms with Crippen LogP contribution in [0.25, 0.3) is 0 Å². The van der Waals surface area contributed by atoms with Crippen LogP contribution in [0.4, 0.5) is 11.4 Å². The smallest absolute Gasteiger partial charge is 0.269 e. The molecule has 2 heterocycles. The number of tetrazole rings is 1. The van der Waals surface area contributed by atoms with Crippen LogP contribution < -0.4 is 9.64 Å². The van der Waals surface area contributed by atoms with E-state index in [2.05, 4.69) is 39.2 Å². The van der Waals surface area contributed by atoms with Crippen molar-refractivity contribution < 1.29 is 9.66 Å². The summed E-state index contributed by atoms with van der Waals surface area (Å²) < 4.78 is 7.13. The number of rotatable bonds is 8. The molecule has 4 rings (SSSR count). The Hall–Kier alpha value is -3.53. The predicted molar refractivity (Wildman–Crippen MR) is 124 cm³/mol. The van der Waals surface area contributed by atoms with Crippen molar-refractivity contribution in [1.82, 2.24) is 25.1 Å². The third-order valence-corrected chi connectivity index (χ3v) is 6.08. The van der Waals surface area contributed by atoms with Crippen molar-refractivity contribution in [3.05, 3.63) is 70.0 Å². The topological polar surface area (TPSA) is 102 Å². The van der Waals surface area contributed by atoms with Crippen LogP contribution in [0.5, 0.6) is 5.75 Å². The summed E-state index contributed by atoms with van der Waals surface area (Å²) in [6, 6.07) is 14.8. The number of anilines is 1. The van der Waals surface area contributed by atoms with Crippen LogP contribution in [0.3, 0.4) is 0 Å². The highest BCUT2D eigenvalue weighted by Gasteiger charge is 2.31. The van der Waals surface area contributed by atoms with Crippen LogP contribution in [-0.4, -0.2) is 63.3 Å². The van der Waals surface area contributed by atoms with Gasteiger partial charge in [0.2, 0.25) is 0 Å². The lowest BCUT2D eigenvalue weighted by molar-refractivity contribution is -0.384. The maximum Gasteiger partial charge on any atom is 0.269 e. The van der Waals surface area contributed by atoms with Gasteiger partial charge >= 0.3 is 0 Å². The molecular weight excluding hydrogens is 422 g/mol. The number of nitrogens with zero attached hydrogens (tertiary/aromatic N) is 7. The Kier molecular flexibility index (Phi) is 6.83. The lowest BCUT2D eigenvalue weighted by atomic mass is 10.0. The minimum atomic E-state index is -0.370. The molecule has 3 aromatic rings. The van der Waals surface area contributed by atoms with E-state index in [1.165, 1.54) is 0 Å². The molecule has 10 nitrogen and oxygen atoms in total. The molecular formula is C23H29N7O3. The number of hydrogen-bond acceptors (Lipinski definition) is 8. The summed E-state index contributed by atoms with van der Waals surface area (Å²) >= 11 is 0. The van der Waals surface area contributed by atoms with Gasteiger partial charge < -0.3 is 9.64 Å². The summed E-state index contributed by atoms with van der Waals surface area (Å²) in [7, 11) is 1.66. The average Bonchev–Trinajstić information content (AvgIpc) is 3.27. The van der Waals surface area contributed by atoms with Gasteiger partial charge in [-0.25, -0.2) is 4.68 Å². The van der Waals surface area contributed by atoms with Crippen LogP contribution in [-0.2, 0) is 6.54 Å². The fourth-order valence-corrected chi connectivity index (χ4v) is 4.37. The molecule has 0 radical (unpaired) electrons. The van der Waals surface area contributed by atoms with Gasteiger partial charge in [0.25, 0.3) is 5.69 Å². The largest absolute Gasteiger partial charge is 0.497 e. The number of benzene rings is 2. The van der Waals surface area contributed by atoms with Gasteiger partial charge in [0.15, 0.2) is 5.82 Å².